The van der Waals surface area contributed by atoms with Gasteiger partial charge < -0.3 is 30.8 Å². The third-order valence-electron chi connectivity index (χ3n) is 4.05. The van der Waals surface area contributed by atoms with E-state index in [0.717, 1.165) is 0 Å². The minimum atomic E-state index is -5.01. The number of hydrogen-bond donors (Lipinski definition) is 9. The summed E-state index contributed by atoms with van der Waals surface area (Å²) in [5.41, 5.74) is 19.2. The van der Waals surface area contributed by atoms with E-state index in [-0.39, 0.29) is 38.3 Å². The van der Waals surface area contributed by atoms with Crippen LogP contribution in [0.25, 0.3) is 0 Å². The van der Waals surface area contributed by atoms with Gasteiger partial charge >= 0.3 is 5.96 Å². The molecule has 17 nitrogen and oxygen atoms in total. The number of carbonyl (C=O) groups excluding carboxylic acids is 3. The number of nitrogens with two attached hydrogens (primary N) is 3. The van der Waals surface area contributed by atoms with Crippen molar-refractivity contribution in [2.45, 2.75) is 50.7 Å². The van der Waals surface area contributed by atoms with Gasteiger partial charge in [0.1, 0.15) is 6.04 Å². The first-order chi connectivity index (χ1) is 15.0. The fraction of sp³-hybridized carbons (Fsp3) is 0.714. The number of nitrogens with one attached hydrogen (secondary N) is 5. The molecule has 0 heterocycles. The second kappa shape index (κ2) is 14.0. The Bertz CT molecular complexity index is 865. The van der Waals surface area contributed by atoms with Crippen LogP contribution in [0.4, 0.5) is 0 Å². The van der Waals surface area contributed by atoms with Crippen LogP contribution in [0.1, 0.15) is 32.6 Å². The summed E-state index contributed by atoms with van der Waals surface area (Å²) in [6.45, 7) is 1.54. The lowest BCUT2D eigenvalue weighted by Gasteiger charge is -2.22. The number of carboxylic acid groups (broad SMARTS) is 1. The summed E-state index contributed by atoms with van der Waals surface area (Å²) in [5.74, 6) is -2.89. The summed E-state index contributed by atoms with van der Waals surface area (Å²) >= 11 is 0. The van der Waals surface area contributed by atoms with Crippen molar-refractivity contribution in [1.82, 2.24) is 20.2 Å². The van der Waals surface area contributed by atoms with Crippen LogP contribution in [0.2, 0.25) is 0 Å². The summed E-state index contributed by atoms with van der Waals surface area (Å²) in [6, 6.07) is -3.22. The highest BCUT2D eigenvalue weighted by molar-refractivity contribution is 7.90. The van der Waals surface area contributed by atoms with E-state index in [4.69, 9.17) is 17.0 Å². The fourth-order valence-corrected chi connectivity index (χ4v) is 4.48. The molecule has 0 aliphatic heterocycles. The monoisotopic (exact) mass is 517 g/mol. The highest BCUT2D eigenvalue weighted by Gasteiger charge is 2.24. The van der Waals surface area contributed by atoms with Gasteiger partial charge in [0.15, 0.2) is 16.3 Å². The van der Waals surface area contributed by atoms with Crippen LogP contribution in [0, 0.1) is 0 Å². The van der Waals surface area contributed by atoms with Crippen LogP contribution in [0.3, 0.4) is 0 Å². The Labute approximate surface area is 190 Å². The average molecular weight is 518 g/mol. The van der Waals surface area contributed by atoms with E-state index in [1.165, 1.54) is 11.4 Å². The number of guanidine groups is 1. The van der Waals surface area contributed by atoms with Crippen LogP contribution in [-0.2, 0) is 29.3 Å². The molecule has 0 saturated carbocycles. The van der Waals surface area contributed by atoms with Gasteiger partial charge in [-0.25, -0.2) is 13.5 Å². The summed E-state index contributed by atoms with van der Waals surface area (Å²) in [7, 11) is -9.13. The molecule has 0 aromatic carbocycles. The van der Waals surface area contributed by atoms with Crippen molar-refractivity contribution >= 4 is 41.6 Å². The van der Waals surface area contributed by atoms with Gasteiger partial charge in [0.05, 0.1) is 18.6 Å². The predicted molar refractivity (Wildman–Crippen MR) is 112 cm³/mol. The smallest absolute Gasteiger partial charge is 0.338 e. The SMILES string of the molecule is C[C@H](NC(=O)[C@@H]([NH3+])CCCNP(N)(=O)NS(=O)(=O)[O-])C(=O)N[C@@H](CCC[NH+]=C(N)N)C(=O)[O-]. The van der Waals surface area contributed by atoms with Crippen LogP contribution >= 0.6 is 7.59 Å². The maximum absolute atomic E-state index is 12.2. The van der Waals surface area contributed by atoms with Crippen molar-refractivity contribution in [3.63, 3.8) is 0 Å². The second-order valence-electron chi connectivity index (χ2n) is 7.09. The lowest BCUT2D eigenvalue weighted by atomic mass is 10.1. The number of carbonyl (C=O) groups is 3. The number of quaternary nitrogens is 1. The Morgan fingerprint density at radius 1 is 1.12 bits per heavy atom. The van der Waals surface area contributed by atoms with E-state index in [9.17, 15) is 37.0 Å². The first kappa shape index (κ1) is 30.7. The van der Waals surface area contributed by atoms with Crippen molar-refractivity contribution < 1.29 is 47.8 Å². The van der Waals surface area contributed by atoms with E-state index >= 15 is 0 Å². The lowest BCUT2D eigenvalue weighted by Crippen LogP contribution is -2.78. The molecule has 0 spiro atoms. The Kier molecular flexibility index (Phi) is 13.0. The lowest BCUT2D eigenvalue weighted by molar-refractivity contribution is -0.459. The van der Waals surface area contributed by atoms with Crippen LogP contribution in [0.15, 0.2) is 0 Å². The second-order valence-corrected chi connectivity index (χ2v) is 10.4. The minimum absolute atomic E-state index is 0.0250. The van der Waals surface area contributed by atoms with Gasteiger partial charge in [0, 0.05) is 13.0 Å². The standard InChI is InChI=1S/C14H32N9O8PS/c1-8(11(24)22-10(13(26)27)5-3-6-19-14(16)17)21-12(25)9(15)4-2-7-20-32(18,28)23-33(29,30)31/h8-10H,2-7,15H2,1H3,(H,21,25)(H,22,24)(H,26,27)(H4,16,17,19)(H,29,30,31)(H4,18,20,23,28)/t8-,9-,10-,32?/m0/s1. The maximum Gasteiger partial charge on any atom is 0.338 e. The summed E-state index contributed by atoms with van der Waals surface area (Å²) in [4.78, 5) is 38.2. The molecule has 0 aromatic heterocycles. The zero-order chi connectivity index (χ0) is 25.8. The molecular formula is C14H32N9O8PS. The quantitative estimate of drug-likeness (QED) is 0.0303. The van der Waals surface area contributed by atoms with E-state index in [1.807, 2.05) is 0 Å². The van der Waals surface area contributed by atoms with Gasteiger partial charge in [0.25, 0.3) is 13.5 Å². The molecule has 0 fully saturated rings. The highest BCUT2D eigenvalue weighted by Crippen LogP contribution is 2.25. The van der Waals surface area contributed by atoms with Gasteiger partial charge in [-0.1, -0.05) is 0 Å². The Morgan fingerprint density at radius 2 is 1.73 bits per heavy atom. The van der Waals surface area contributed by atoms with Gasteiger partial charge in [-0.2, -0.15) is 0 Å². The predicted octanol–water partition coefficient (Wildman–Crippen LogP) is -8.04. The zero-order valence-electron chi connectivity index (χ0n) is 18.0. The topological polar surface area (TPSA) is 316 Å². The largest absolute Gasteiger partial charge is 0.735 e. The molecule has 0 radical (unpaired) electrons. The number of rotatable bonds is 16. The normalized spacial score (nSPS) is 16.0. The zero-order valence-corrected chi connectivity index (χ0v) is 19.7. The molecule has 0 aliphatic rings. The number of carboxylic acids is 1. The third-order valence-corrected chi connectivity index (χ3v) is 6.72. The molecule has 0 aliphatic carbocycles. The summed E-state index contributed by atoms with van der Waals surface area (Å²) < 4.78 is 44.5. The van der Waals surface area contributed by atoms with Gasteiger partial charge in [-0.15, -0.1) is 4.49 Å². The average Bonchev–Trinajstić information content (AvgIpc) is 2.64. The molecule has 14 N–H and O–H groups in total. The van der Waals surface area contributed by atoms with Crippen LogP contribution in [0.5, 0.6) is 0 Å². The van der Waals surface area contributed by atoms with Crippen LogP contribution in [-0.4, -0.2) is 67.9 Å². The maximum atomic E-state index is 12.2. The Hall–Kier alpha value is -2.34. The van der Waals surface area contributed by atoms with E-state index in [0.29, 0.717) is 6.42 Å². The van der Waals surface area contributed by atoms with Gasteiger partial charge in [-0.3, -0.25) is 36.1 Å². The summed E-state index contributed by atoms with van der Waals surface area (Å²) in [6.07, 6.45) is 0.661. The molecule has 4 atom stereocenters. The molecule has 0 rings (SSSR count). The molecule has 0 aromatic rings. The van der Waals surface area contributed by atoms with Crippen molar-refractivity contribution in [2.75, 3.05) is 13.1 Å². The van der Waals surface area contributed by atoms with Crippen molar-refractivity contribution in [1.29, 1.82) is 0 Å². The molecule has 0 saturated heterocycles. The van der Waals surface area contributed by atoms with Gasteiger partial charge in [0.2, 0.25) is 5.91 Å². The van der Waals surface area contributed by atoms with Crippen molar-refractivity contribution in [3.8, 4) is 0 Å². The first-order valence-corrected chi connectivity index (χ1v) is 12.9. The molecule has 192 valence electrons. The highest BCUT2D eigenvalue weighted by atomic mass is 32.2. The number of amides is 2. The van der Waals surface area contributed by atoms with Crippen molar-refractivity contribution in [2.24, 2.45) is 17.0 Å². The van der Waals surface area contributed by atoms with Gasteiger partial charge in [-0.05, 0) is 26.2 Å². The molecular weight excluding hydrogens is 485 g/mol. The van der Waals surface area contributed by atoms with Crippen molar-refractivity contribution in [3.05, 3.63) is 0 Å². The summed E-state index contributed by atoms with van der Waals surface area (Å²) in [5, 5.41) is 18.0. The Balaban J connectivity index is 4.49. The van der Waals surface area contributed by atoms with E-state index in [2.05, 4.69) is 26.4 Å². The number of hydrogen-bond acceptors (Lipinski definition) is 8. The molecule has 19 heteroatoms. The van der Waals surface area contributed by atoms with E-state index < -0.39 is 53.8 Å². The van der Waals surface area contributed by atoms with Crippen LogP contribution < -0.4 is 53.0 Å². The van der Waals surface area contributed by atoms with E-state index in [1.54, 1.807) is 0 Å². The minimum Gasteiger partial charge on any atom is -0.735 e. The molecule has 1 unspecified atom stereocenters. The molecule has 0 bridgehead atoms. The third kappa shape index (κ3) is 15.2. The molecule has 2 amide bonds. The fourth-order valence-electron chi connectivity index (χ4n) is 2.40. The first-order valence-electron chi connectivity index (χ1n) is 9.69. The number of aliphatic carboxylic acids is 1. The molecule has 33 heavy (non-hydrogen) atoms. The Morgan fingerprint density at radius 3 is 2.24 bits per heavy atom.